The third-order valence-electron chi connectivity index (χ3n) is 5.09. The summed E-state index contributed by atoms with van der Waals surface area (Å²) >= 11 is 0. The molecular formula is C21H26N2O4. The molecule has 0 saturated heterocycles. The second-order valence-corrected chi connectivity index (χ2v) is 6.80. The van der Waals surface area contributed by atoms with Gasteiger partial charge >= 0.3 is 0 Å². The average Bonchev–Trinajstić information content (AvgIpc) is 2.94. The second-order valence-electron chi connectivity index (χ2n) is 6.80. The van der Waals surface area contributed by atoms with Gasteiger partial charge < -0.3 is 19.4 Å². The smallest absolute Gasteiger partial charge is 0.257 e. The normalized spacial score (nSPS) is 14.6. The van der Waals surface area contributed by atoms with Crippen molar-refractivity contribution in [3.05, 3.63) is 57.5 Å². The Bertz CT molecular complexity index is 871. The van der Waals surface area contributed by atoms with Gasteiger partial charge in [-0.25, -0.2) is 0 Å². The van der Waals surface area contributed by atoms with E-state index in [2.05, 4.69) is 5.32 Å². The Hall–Kier alpha value is -2.76. The maximum Gasteiger partial charge on any atom is 0.257 e. The number of carbonyl (C=O) groups excluding carboxylic acids is 1. The van der Waals surface area contributed by atoms with E-state index >= 15 is 0 Å². The molecule has 1 aromatic heterocycles. The molecule has 1 N–H and O–H groups in total. The summed E-state index contributed by atoms with van der Waals surface area (Å²) in [6, 6.07) is 8.82. The monoisotopic (exact) mass is 370 g/mol. The predicted molar refractivity (Wildman–Crippen MR) is 104 cm³/mol. The molecular weight excluding hydrogens is 344 g/mol. The minimum absolute atomic E-state index is 0.108. The van der Waals surface area contributed by atoms with Crippen molar-refractivity contribution < 1.29 is 14.3 Å². The molecule has 1 amide bonds. The largest absolute Gasteiger partial charge is 0.497 e. The first-order valence-corrected chi connectivity index (χ1v) is 9.30. The lowest BCUT2D eigenvalue weighted by molar-refractivity contribution is 0.0934. The van der Waals surface area contributed by atoms with Crippen LogP contribution in [0.1, 0.15) is 53.8 Å². The number of methoxy groups -OCH3 is 2. The maximum absolute atomic E-state index is 13.1. The first kappa shape index (κ1) is 19.0. The van der Waals surface area contributed by atoms with Gasteiger partial charge in [-0.2, -0.15) is 0 Å². The number of ether oxygens (including phenoxy) is 2. The van der Waals surface area contributed by atoms with Gasteiger partial charge in [-0.05, 0) is 43.9 Å². The average molecular weight is 370 g/mol. The highest BCUT2D eigenvalue weighted by Crippen LogP contribution is 2.26. The molecule has 1 aromatic carbocycles. The number of nitrogens with zero attached hydrogens (tertiary/aromatic N) is 1. The first-order chi connectivity index (χ1) is 13.0. The van der Waals surface area contributed by atoms with Crippen LogP contribution in [0.3, 0.4) is 0 Å². The molecule has 0 aliphatic carbocycles. The topological polar surface area (TPSA) is 69.6 Å². The number of rotatable bonds is 5. The zero-order valence-electron chi connectivity index (χ0n) is 16.1. The molecule has 6 heteroatoms. The summed E-state index contributed by atoms with van der Waals surface area (Å²) in [5.74, 6) is 0.889. The molecule has 0 spiro atoms. The van der Waals surface area contributed by atoms with Gasteiger partial charge in [0.05, 0.1) is 20.3 Å². The summed E-state index contributed by atoms with van der Waals surface area (Å²) in [5.41, 5.74) is 2.11. The molecule has 144 valence electrons. The van der Waals surface area contributed by atoms with Crippen LogP contribution in [0.15, 0.2) is 35.1 Å². The Morgan fingerprint density at radius 2 is 1.85 bits per heavy atom. The highest BCUT2D eigenvalue weighted by molar-refractivity contribution is 5.98. The van der Waals surface area contributed by atoms with Gasteiger partial charge in [-0.1, -0.05) is 18.6 Å². The summed E-state index contributed by atoms with van der Waals surface area (Å²) in [5, 5.41) is 3.04. The molecule has 1 aliphatic heterocycles. The Kier molecular flexibility index (Phi) is 5.84. The van der Waals surface area contributed by atoms with Crippen molar-refractivity contribution in [1.82, 2.24) is 9.88 Å². The SMILES string of the molecule is COc1ccc(C(C)NC(=O)c2c(OC)cc(=O)n3c2CCCCC3)cc1. The molecule has 0 bridgehead atoms. The zero-order chi connectivity index (χ0) is 19.4. The molecule has 3 rings (SSSR count). The molecule has 1 atom stereocenters. The fraction of sp³-hybridized carbons (Fsp3) is 0.429. The molecule has 0 saturated carbocycles. The van der Waals surface area contributed by atoms with Crippen LogP contribution in [-0.4, -0.2) is 24.7 Å². The Labute approximate surface area is 159 Å². The second kappa shape index (κ2) is 8.29. The number of amides is 1. The van der Waals surface area contributed by atoms with Crippen molar-refractivity contribution in [2.45, 2.75) is 45.2 Å². The number of carbonyl (C=O) groups is 1. The fourth-order valence-corrected chi connectivity index (χ4v) is 3.57. The number of fused-ring (bicyclic) bond motifs is 1. The number of pyridine rings is 1. The van der Waals surface area contributed by atoms with Gasteiger partial charge in [0, 0.05) is 18.3 Å². The lowest BCUT2D eigenvalue weighted by atomic mass is 10.0. The van der Waals surface area contributed by atoms with Gasteiger partial charge in [0.25, 0.3) is 11.5 Å². The van der Waals surface area contributed by atoms with Crippen molar-refractivity contribution >= 4 is 5.91 Å². The Balaban J connectivity index is 1.92. The standard InChI is InChI=1S/C21H26N2O4/c1-14(15-8-10-16(26-2)11-9-15)22-21(25)20-17-7-5-4-6-12-23(17)19(24)13-18(20)27-3/h8-11,13-14H,4-7,12H2,1-3H3,(H,22,25). The van der Waals surface area contributed by atoms with E-state index in [4.69, 9.17) is 9.47 Å². The van der Waals surface area contributed by atoms with Crippen molar-refractivity contribution in [1.29, 1.82) is 0 Å². The van der Waals surface area contributed by atoms with E-state index in [1.54, 1.807) is 11.7 Å². The highest BCUT2D eigenvalue weighted by atomic mass is 16.5. The lowest BCUT2D eigenvalue weighted by Gasteiger charge is -2.20. The summed E-state index contributed by atoms with van der Waals surface area (Å²) < 4.78 is 12.3. The summed E-state index contributed by atoms with van der Waals surface area (Å²) in [6.07, 6.45) is 3.66. The number of aromatic nitrogens is 1. The number of hydrogen-bond donors (Lipinski definition) is 1. The van der Waals surface area contributed by atoms with Gasteiger partial charge in [-0.15, -0.1) is 0 Å². The van der Waals surface area contributed by atoms with E-state index in [9.17, 15) is 9.59 Å². The van der Waals surface area contributed by atoms with Crippen LogP contribution in [0, 0.1) is 0 Å². The van der Waals surface area contributed by atoms with Crippen molar-refractivity contribution in [3.63, 3.8) is 0 Å². The van der Waals surface area contributed by atoms with Crippen LogP contribution >= 0.6 is 0 Å². The summed E-state index contributed by atoms with van der Waals surface area (Å²) in [7, 11) is 3.11. The molecule has 0 radical (unpaired) electrons. The maximum atomic E-state index is 13.1. The molecule has 6 nitrogen and oxygen atoms in total. The number of nitrogens with one attached hydrogen (secondary N) is 1. The van der Waals surface area contributed by atoms with Crippen LogP contribution in [0.2, 0.25) is 0 Å². The summed E-state index contributed by atoms with van der Waals surface area (Å²) in [4.78, 5) is 25.5. The van der Waals surface area contributed by atoms with E-state index < -0.39 is 0 Å². The number of benzene rings is 1. The highest BCUT2D eigenvalue weighted by Gasteiger charge is 2.24. The third-order valence-corrected chi connectivity index (χ3v) is 5.09. The minimum Gasteiger partial charge on any atom is -0.497 e. The Morgan fingerprint density at radius 1 is 1.11 bits per heavy atom. The van der Waals surface area contributed by atoms with Crippen LogP contribution in [-0.2, 0) is 13.0 Å². The molecule has 2 heterocycles. The predicted octanol–water partition coefficient (Wildman–Crippen LogP) is 3.08. The number of hydrogen-bond acceptors (Lipinski definition) is 4. The molecule has 1 aliphatic rings. The van der Waals surface area contributed by atoms with Gasteiger partial charge in [0.15, 0.2) is 0 Å². The van der Waals surface area contributed by atoms with Crippen molar-refractivity contribution in [2.75, 3.05) is 14.2 Å². The van der Waals surface area contributed by atoms with Crippen molar-refractivity contribution in [3.8, 4) is 11.5 Å². The van der Waals surface area contributed by atoms with Gasteiger partial charge in [-0.3, -0.25) is 9.59 Å². The molecule has 1 unspecified atom stereocenters. The Morgan fingerprint density at radius 3 is 2.52 bits per heavy atom. The van der Waals surface area contributed by atoms with Crippen LogP contribution in [0.4, 0.5) is 0 Å². The molecule has 0 fully saturated rings. The summed E-state index contributed by atoms with van der Waals surface area (Å²) in [6.45, 7) is 2.58. The first-order valence-electron chi connectivity index (χ1n) is 9.30. The van der Waals surface area contributed by atoms with E-state index in [1.165, 1.54) is 13.2 Å². The third kappa shape index (κ3) is 3.99. The quantitative estimate of drug-likeness (QED) is 0.878. The van der Waals surface area contributed by atoms with E-state index in [0.717, 1.165) is 36.3 Å². The van der Waals surface area contributed by atoms with Crippen LogP contribution in [0.25, 0.3) is 0 Å². The van der Waals surface area contributed by atoms with E-state index in [1.807, 2.05) is 31.2 Å². The fourth-order valence-electron chi connectivity index (χ4n) is 3.57. The van der Waals surface area contributed by atoms with E-state index in [0.29, 0.717) is 24.3 Å². The van der Waals surface area contributed by atoms with Crippen molar-refractivity contribution in [2.24, 2.45) is 0 Å². The van der Waals surface area contributed by atoms with E-state index in [-0.39, 0.29) is 17.5 Å². The van der Waals surface area contributed by atoms with Crippen LogP contribution < -0.4 is 20.3 Å². The molecule has 27 heavy (non-hydrogen) atoms. The van der Waals surface area contributed by atoms with Gasteiger partial charge in [0.1, 0.15) is 17.1 Å². The lowest BCUT2D eigenvalue weighted by Crippen LogP contribution is -2.32. The minimum atomic E-state index is -0.221. The van der Waals surface area contributed by atoms with Gasteiger partial charge in [0.2, 0.25) is 0 Å². The molecule has 2 aromatic rings. The zero-order valence-corrected chi connectivity index (χ0v) is 16.1. The van der Waals surface area contributed by atoms with Crippen LogP contribution in [0.5, 0.6) is 11.5 Å².